The minimum atomic E-state index is -0.144. The van der Waals surface area contributed by atoms with Gasteiger partial charge in [-0.15, -0.1) is 0 Å². The second-order valence-corrected chi connectivity index (χ2v) is 3.95. The normalized spacial score (nSPS) is 28.2. The third-order valence-corrected chi connectivity index (χ3v) is 3.19. The van der Waals surface area contributed by atoms with Crippen molar-refractivity contribution < 1.29 is 4.52 Å². The molecule has 0 bridgehead atoms. The van der Waals surface area contributed by atoms with Crippen molar-refractivity contribution in [3.05, 3.63) is 11.4 Å². The van der Waals surface area contributed by atoms with Crippen molar-refractivity contribution in [1.29, 1.82) is 0 Å². The molecule has 2 heteroatoms. The first-order chi connectivity index (χ1) is 3.83. The van der Waals surface area contributed by atoms with Crippen LogP contribution in [0.25, 0.3) is 0 Å². The lowest BCUT2D eigenvalue weighted by molar-refractivity contribution is 0.468. The SMILES string of the molecule is COP1C=C(C)CC1. The average molecular weight is 130 g/mol. The number of hydrogen-bond donors (Lipinski definition) is 0. The predicted molar refractivity (Wildman–Crippen MR) is 37.2 cm³/mol. The molecular weight excluding hydrogens is 119 g/mol. The van der Waals surface area contributed by atoms with Gasteiger partial charge in [0.1, 0.15) is 0 Å². The van der Waals surface area contributed by atoms with Crippen LogP contribution in [0.2, 0.25) is 0 Å². The Morgan fingerprint density at radius 3 is 2.75 bits per heavy atom. The van der Waals surface area contributed by atoms with Crippen molar-refractivity contribution in [2.75, 3.05) is 13.3 Å². The van der Waals surface area contributed by atoms with Crippen LogP contribution in [0.1, 0.15) is 13.3 Å². The zero-order chi connectivity index (χ0) is 5.98. The Morgan fingerprint density at radius 2 is 2.50 bits per heavy atom. The van der Waals surface area contributed by atoms with E-state index in [1.54, 1.807) is 7.11 Å². The zero-order valence-corrected chi connectivity index (χ0v) is 6.24. The maximum absolute atomic E-state index is 5.17. The van der Waals surface area contributed by atoms with E-state index in [1.807, 2.05) is 0 Å². The highest BCUT2D eigenvalue weighted by Crippen LogP contribution is 2.45. The molecular formula is C6H11OP. The summed E-state index contributed by atoms with van der Waals surface area (Å²) >= 11 is 0. The van der Waals surface area contributed by atoms with Gasteiger partial charge in [0.25, 0.3) is 0 Å². The Morgan fingerprint density at radius 1 is 1.75 bits per heavy atom. The van der Waals surface area contributed by atoms with Crippen molar-refractivity contribution in [3.63, 3.8) is 0 Å². The van der Waals surface area contributed by atoms with E-state index in [-0.39, 0.29) is 8.15 Å². The summed E-state index contributed by atoms with van der Waals surface area (Å²) in [5.74, 6) is 2.26. The molecule has 1 unspecified atom stereocenters. The lowest BCUT2D eigenvalue weighted by Gasteiger charge is -2.00. The second-order valence-electron chi connectivity index (χ2n) is 2.05. The number of rotatable bonds is 1. The van der Waals surface area contributed by atoms with Gasteiger partial charge in [0, 0.05) is 7.11 Å². The molecule has 1 heterocycles. The number of hydrogen-bond acceptors (Lipinski definition) is 1. The van der Waals surface area contributed by atoms with Gasteiger partial charge in [0.15, 0.2) is 0 Å². The highest BCUT2D eigenvalue weighted by Gasteiger charge is 2.10. The Balaban J connectivity index is 2.41. The highest BCUT2D eigenvalue weighted by atomic mass is 31.1. The van der Waals surface area contributed by atoms with E-state index >= 15 is 0 Å². The topological polar surface area (TPSA) is 9.23 Å². The van der Waals surface area contributed by atoms with Crippen molar-refractivity contribution in [2.24, 2.45) is 0 Å². The van der Waals surface area contributed by atoms with Crippen molar-refractivity contribution in [1.82, 2.24) is 0 Å². The Bertz CT molecular complexity index is 109. The zero-order valence-electron chi connectivity index (χ0n) is 5.35. The molecule has 1 atom stereocenters. The van der Waals surface area contributed by atoms with E-state index in [4.69, 9.17) is 4.52 Å². The lowest BCUT2D eigenvalue weighted by atomic mass is 10.3. The van der Waals surface area contributed by atoms with E-state index in [0.29, 0.717) is 0 Å². The van der Waals surface area contributed by atoms with Gasteiger partial charge in [0.05, 0.1) is 8.15 Å². The summed E-state index contributed by atoms with van der Waals surface area (Å²) in [6.45, 7) is 2.17. The van der Waals surface area contributed by atoms with Crippen LogP contribution in [0.3, 0.4) is 0 Å². The van der Waals surface area contributed by atoms with E-state index in [1.165, 1.54) is 18.2 Å². The summed E-state index contributed by atoms with van der Waals surface area (Å²) in [7, 11) is 1.65. The van der Waals surface area contributed by atoms with Crippen LogP contribution in [0.4, 0.5) is 0 Å². The number of allylic oxidation sites excluding steroid dienone is 1. The predicted octanol–water partition coefficient (Wildman–Crippen LogP) is 2.34. The van der Waals surface area contributed by atoms with Crippen LogP contribution in [0.15, 0.2) is 11.4 Å². The second kappa shape index (κ2) is 2.61. The Labute approximate surface area is 51.6 Å². The van der Waals surface area contributed by atoms with Gasteiger partial charge in [0.2, 0.25) is 0 Å². The van der Waals surface area contributed by atoms with E-state index < -0.39 is 0 Å². The molecule has 8 heavy (non-hydrogen) atoms. The Kier molecular flexibility index (Phi) is 2.04. The molecule has 1 aliphatic heterocycles. The fraction of sp³-hybridized carbons (Fsp3) is 0.667. The van der Waals surface area contributed by atoms with Gasteiger partial charge < -0.3 is 4.52 Å². The quantitative estimate of drug-likeness (QED) is 0.495. The molecule has 0 amide bonds. The van der Waals surface area contributed by atoms with Crippen molar-refractivity contribution >= 4 is 8.15 Å². The van der Waals surface area contributed by atoms with Crippen LogP contribution < -0.4 is 0 Å². The fourth-order valence-electron chi connectivity index (χ4n) is 0.805. The summed E-state index contributed by atoms with van der Waals surface area (Å²) in [6.07, 6.45) is 2.50. The van der Waals surface area contributed by atoms with Crippen molar-refractivity contribution in [2.45, 2.75) is 13.3 Å². The minimum Gasteiger partial charge on any atom is -0.358 e. The smallest absolute Gasteiger partial charge is 0.0527 e. The van der Waals surface area contributed by atoms with Crippen LogP contribution in [0, 0.1) is 0 Å². The van der Waals surface area contributed by atoms with E-state index in [2.05, 4.69) is 12.7 Å². The first-order valence-electron chi connectivity index (χ1n) is 2.81. The molecule has 1 nitrogen and oxygen atoms in total. The largest absolute Gasteiger partial charge is 0.358 e. The molecule has 0 saturated heterocycles. The molecule has 0 spiro atoms. The van der Waals surface area contributed by atoms with Crippen LogP contribution in [-0.4, -0.2) is 13.3 Å². The molecule has 0 fully saturated rings. The lowest BCUT2D eigenvalue weighted by Crippen LogP contribution is -1.74. The molecule has 0 aromatic rings. The van der Waals surface area contributed by atoms with Gasteiger partial charge in [-0.3, -0.25) is 0 Å². The van der Waals surface area contributed by atoms with E-state index in [9.17, 15) is 0 Å². The summed E-state index contributed by atoms with van der Waals surface area (Å²) in [6, 6.07) is 0. The molecule has 0 aliphatic carbocycles. The minimum absolute atomic E-state index is 0.144. The highest BCUT2D eigenvalue weighted by molar-refractivity contribution is 7.56. The molecule has 1 aliphatic rings. The third kappa shape index (κ3) is 1.30. The van der Waals surface area contributed by atoms with E-state index in [0.717, 1.165) is 0 Å². The molecule has 0 saturated carbocycles. The molecule has 0 radical (unpaired) electrons. The van der Waals surface area contributed by atoms with Gasteiger partial charge >= 0.3 is 0 Å². The molecule has 0 aromatic heterocycles. The third-order valence-electron chi connectivity index (χ3n) is 1.33. The maximum Gasteiger partial charge on any atom is 0.0527 e. The monoisotopic (exact) mass is 130 g/mol. The van der Waals surface area contributed by atoms with Crippen LogP contribution in [-0.2, 0) is 4.52 Å². The van der Waals surface area contributed by atoms with Gasteiger partial charge in [-0.1, -0.05) is 5.57 Å². The average Bonchev–Trinajstić information content (AvgIpc) is 2.14. The summed E-state index contributed by atoms with van der Waals surface area (Å²) in [4.78, 5) is 0. The first kappa shape index (κ1) is 6.25. The van der Waals surface area contributed by atoms with Gasteiger partial charge in [-0.05, 0) is 25.3 Å². The summed E-state index contributed by atoms with van der Waals surface area (Å²) in [5, 5.41) is 0. The van der Waals surface area contributed by atoms with Crippen LogP contribution >= 0.6 is 8.15 Å². The fourth-order valence-corrected chi connectivity index (χ4v) is 2.42. The van der Waals surface area contributed by atoms with Gasteiger partial charge in [-0.2, -0.15) is 0 Å². The van der Waals surface area contributed by atoms with Gasteiger partial charge in [-0.25, -0.2) is 0 Å². The molecule has 1 rings (SSSR count). The van der Waals surface area contributed by atoms with Crippen molar-refractivity contribution in [3.8, 4) is 0 Å². The summed E-state index contributed by atoms with van der Waals surface area (Å²) < 4.78 is 5.17. The summed E-state index contributed by atoms with van der Waals surface area (Å²) in [5.41, 5.74) is 1.50. The van der Waals surface area contributed by atoms with Crippen LogP contribution in [0.5, 0.6) is 0 Å². The maximum atomic E-state index is 5.17. The standard InChI is InChI=1S/C6H11OP/c1-6-3-4-8(5-6)7-2/h5H,3-4H2,1-2H3. The molecule has 0 N–H and O–H groups in total. The molecule has 46 valence electrons. The molecule has 0 aromatic carbocycles. The Hall–Kier alpha value is 0.130. The first-order valence-corrected chi connectivity index (χ1v) is 4.32.